The number of ether oxygens (including phenoxy) is 2. The van der Waals surface area contributed by atoms with Crippen LogP contribution in [0.25, 0.3) is 21.8 Å². The Morgan fingerprint density at radius 3 is 2.56 bits per heavy atom. The molecular formula is C28H31N3O3. The highest BCUT2D eigenvalue weighted by Gasteiger charge is 2.13. The summed E-state index contributed by atoms with van der Waals surface area (Å²) in [5, 5.41) is 8.43. The van der Waals surface area contributed by atoms with E-state index in [0.717, 1.165) is 50.1 Å². The van der Waals surface area contributed by atoms with E-state index in [0.29, 0.717) is 13.0 Å². The first-order valence-corrected chi connectivity index (χ1v) is 11.5. The summed E-state index contributed by atoms with van der Waals surface area (Å²) in [6.45, 7) is 8.24. The Morgan fingerprint density at radius 1 is 1.00 bits per heavy atom. The van der Waals surface area contributed by atoms with Crippen molar-refractivity contribution in [3.8, 4) is 5.75 Å². The number of pyridine rings is 1. The second kappa shape index (κ2) is 10.00. The lowest BCUT2D eigenvalue weighted by Gasteiger charge is -2.16. The third-order valence-electron chi connectivity index (χ3n) is 5.67. The van der Waals surface area contributed by atoms with Gasteiger partial charge in [-0.15, -0.1) is 0 Å². The normalized spacial score (nSPS) is 11.1. The minimum Gasteiger partial charge on any atom is -0.496 e. The van der Waals surface area contributed by atoms with Gasteiger partial charge in [-0.3, -0.25) is 0 Å². The number of nitrogens with zero attached hydrogens (tertiary/aromatic N) is 1. The average molecular weight is 458 g/mol. The molecule has 0 unspecified atom stereocenters. The van der Waals surface area contributed by atoms with Gasteiger partial charge in [-0.25, -0.2) is 9.78 Å². The number of rotatable bonds is 7. The zero-order valence-electron chi connectivity index (χ0n) is 20.4. The van der Waals surface area contributed by atoms with Gasteiger partial charge in [-0.05, 0) is 75.2 Å². The van der Waals surface area contributed by atoms with Crippen LogP contribution in [0.5, 0.6) is 5.75 Å². The van der Waals surface area contributed by atoms with Gasteiger partial charge in [0.2, 0.25) is 0 Å². The number of methoxy groups -OCH3 is 1. The van der Waals surface area contributed by atoms with Crippen LogP contribution < -0.4 is 15.4 Å². The largest absolute Gasteiger partial charge is 0.496 e. The van der Waals surface area contributed by atoms with E-state index >= 15 is 0 Å². The van der Waals surface area contributed by atoms with E-state index < -0.39 is 6.09 Å². The van der Waals surface area contributed by atoms with Crippen molar-refractivity contribution >= 4 is 39.3 Å². The lowest BCUT2D eigenvalue weighted by Crippen LogP contribution is -2.31. The molecule has 0 saturated carbocycles. The third-order valence-corrected chi connectivity index (χ3v) is 5.67. The Kier molecular flexibility index (Phi) is 6.87. The summed E-state index contributed by atoms with van der Waals surface area (Å²) in [6.07, 6.45) is 0.240. The SMILES string of the molecule is COc1cc2c(Nc3cccc(CCOC(=O)NC(C)C)c3)c3cc(C)ccc3nc2cc1C. The van der Waals surface area contributed by atoms with Gasteiger partial charge in [0.05, 0.1) is 30.4 Å². The number of alkyl carbamates (subject to hydrolysis) is 1. The van der Waals surface area contributed by atoms with Gasteiger partial charge in [0.15, 0.2) is 0 Å². The lowest BCUT2D eigenvalue weighted by atomic mass is 10.0. The van der Waals surface area contributed by atoms with Crippen LogP contribution in [0.1, 0.15) is 30.5 Å². The molecule has 0 fully saturated rings. The van der Waals surface area contributed by atoms with Crippen LogP contribution in [-0.2, 0) is 11.2 Å². The van der Waals surface area contributed by atoms with E-state index in [4.69, 9.17) is 14.5 Å². The lowest BCUT2D eigenvalue weighted by molar-refractivity contribution is 0.145. The molecule has 4 aromatic rings. The van der Waals surface area contributed by atoms with Crippen molar-refractivity contribution in [2.24, 2.45) is 0 Å². The number of fused-ring (bicyclic) bond motifs is 2. The Morgan fingerprint density at radius 2 is 1.79 bits per heavy atom. The number of carbonyl (C=O) groups is 1. The molecule has 4 rings (SSSR count). The van der Waals surface area contributed by atoms with Gasteiger partial charge >= 0.3 is 6.09 Å². The predicted molar refractivity (Wildman–Crippen MR) is 138 cm³/mol. The van der Waals surface area contributed by atoms with Crippen molar-refractivity contribution < 1.29 is 14.3 Å². The van der Waals surface area contributed by atoms with Crippen LogP contribution >= 0.6 is 0 Å². The van der Waals surface area contributed by atoms with Gasteiger partial charge in [-0.2, -0.15) is 0 Å². The van der Waals surface area contributed by atoms with Gasteiger partial charge < -0.3 is 20.1 Å². The molecule has 1 amide bonds. The fourth-order valence-electron chi connectivity index (χ4n) is 4.03. The zero-order valence-corrected chi connectivity index (χ0v) is 20.4. The third kappa shape index (κ3) is 5.22. The van der Waals surface area contributed by atoms with E-state index in [1.54, 1.807) is 7.11 Å². The zero-order chi connectivity index (χ0) is 24.2. The van der Waals surface area contributed by atoms with Crippen molar-refractivity contribution in [2.75, 3.05) is 19.0 Å². The van der Waals surface area contributed by atoms with Crippen LogP contribution in [0.2, 0.25) is 0 Å². The molecule has 6 nitrogen and oxygen atoms in total. The topological polar surface area (TPSA) is 72.5 Å². The maximum absolute atomic E-state index is 11.7. The van der Waals surface area contributed by atoms with Crippen LogP contribution in [0.15, 0.2) is 54.6 Å². The van der Waals surface area contributed by atoms with Crippen molar-refractivity contribution in [2.45, 2.75) is 40.2 Å². The average Bonchev–Trinajstić information content (AvgIpc) is 2.79. The molecule has 3 aromatic carbocycles. The summed E-state index contributed by atoms with van der Waals surface area (Å²) in [6, 6.07) is 18.6. The van der Waals surface area contributed by atoms with E-state index in [2.05, 4.69) is 47.9 Å². The molecule has 6 heteroatoms. The smallest absolute Gasteiger partial charge is 0.407 e. The van der Waals surface area contributed by atoms with Crippen molar-refractivity contribution in [1.82, 2.24) is 10.3 Å². The number of carbonyl (C=O) groups excluding carboxylic acids is 1. The molecule has 1 aromatic heterocycles. The minimum atomic E-state index is -0.390. The highest BCUT2D eigenvalue weighted by atomic mass is 16.5. The molecule has 0 aliphatic rings. The Hall–Kier alpha value is -3.80. The second-order valence-electron chi connectivity index (χ2n) is 8.86. The highest BCUT2D eigenvalue weighted by molar-refractivity contribution is 6.09. The Balaban J connectivity index is 1.67. The quantitative estimate of drug-likeness (QED) is 0.313. The number of aryl methyl sites for hydroxylation is 2. The molecule has 0 aliphatic carbocycles. The number of hydrogen-bond donors (Lipinski definition) is 2. The summed E-state index contributed by atoms with van der Waals surface area (Å²) in [5.41, 5.74) is 7.09. The van der Waals surface area contributed by atoms with Crippen molar-refractivity contribution in [3.05, 3.63) is 71.3 Å². The van der Waals surface area contributed by atoms with Crippen LogP contribution in [0, 0.1) is 13.8 Å². The minimum absolute atomic E-state index is 0.0519. The number of nitrogens with one attached hydrogen (secondary N) is 2. The van der Waals surface area contributed by atoms with Crippen LogP contribution in [0.3, 0.4) is 0 Å². The van der Waals surface area contributed by atoms with E-state index in [1.165, 1.54) is 5.56 Å². The number of aromatic nitrogens is 1. The van der Waals surface area contributed by atoms with E-state index in [1.807, 2.05) is 45.0 Å². The fourth-order valence-corrected chi connectivity index (χ4v) is 4.03. The summed E-state index contributed by atoms with van der Waals surface area (Å²) >= 11 is 0. The van der Waals surface area contributed by atoms with Gasteiger partial charge in [0.25, 0.3) is 0 Å². The van der Waals surface area contributed by atoms with Crippen LogP contribution in [-0.4, -0.2) is 30.8 Å². The monoisotopic (exact) mass is 457 g/mol. The first kappa shape index (κ1) is 23.4. The second-order valence-corrected chi connectivity index (χ2v) is 8.86. The predicted octanol–water partition coefficient (Wildman–Crippen LogP) is 6.43. The molecule has 2 N–H and O–H groups in total. The Bertz CT molecular complexity index is 1350. The molecule has 0 atom stereocenters. The summed E-state index contributed by atoms with van der Waals surface area (Å²) in [5.74, 6) is 0.829. The number of benzene rings is 3. The molecule has 1 heterocycles. The molecule has 0 saturated heterocycles. The van der Waals surface area contributed by atoms with Gasteiger partial charge in [0, 0.05) is 28.9 Å². The molecule has 0 aliphatic heterocycles. The fraction of sp³-hybridized carbons (Fsp3) is 0.286. The summed E-state index contributed by atoms with van der Waals surface area (Å²) < 4.78 is 10.9. The highest BCUT2D eigenvalue weighted by Crippen LogP contribution is 2.37. The Labute approximate surface area is 200 Å². The molecule has 34 heavy (non-hydrogen) atoms. The maximum Gasteiger partial charge on any atom is 0.407 e. The summed E-state index contributed by atoms with van der Waals surface area (Å²) in [7, 11) is 1.69. The first-order valence-electron chi connectivity index (χ1n) is 11.5. The molecular weight excluding hydrogens is 426 g/mol. The molecule has 0 radical (unpaired) electrons. The molecule has 176 valence electrons. The number of amides is 1. The maximum atomic E-state index is 11.7. The van der Waals surface area contributed by atoms with Gasteiger partial charge in [0.1, 0.15) is 5.75 Å². The standard InChI is InChI=1S/C28H31N3O3/c1-17(2)29-28(32)34-12-11-20-7-6-8-21(15-20)30-27-22-13-18(3)9-10-24(22)31-25-14-19(4)26(33-5)16-23(25)27/h6-10,13-17H,11-12H2,1-5H3,(H,29,32)(H,30,31). The van der Waals surface area contributed by atoms with E-state index in [-0.39, 0.29) is 6.04 Å². The molecule has 0 spiro atoms. The van der Waals surface area contributed by atoms with Crippen molar-refractivity contribution in [3.63, 3.8) is 0 Å². The van der Waals surface area contributed by atoms with E-state index in [9.17, 15) is 4.79 Å². The molecule has 0 bridgehead atoms. The number of hydrogen-bond acceptors (Lipinski definition) is 5. The van der Waals surface area contributed by atoms with Crippen molar-refractivity contribution in [1.29, 1.82) is 0 Å². The van der Waals surface area contributed by atoms with Crippen LogP contribution in [0.4, 0.5) is 16.2 Å². The first-order chi connectivity index (χ1) is 16.3. The number of anilines is 2. The summed E-state index contributed by atoms with van der Waals surface area (Å²) in [4.78, 5) is 16.6. The van der Waals surface area contributed by atoms with Gasteiger partial charge in [-0.1, -0.05) is 23.8 Å².